The van der Waals surface area contributed by atoms with Crippen LogP contribution in [-0.2, 0) is 6.42 Å². The predicted molar refractivity (Wildman–Crippen MR) is 44.7 cm³/mol. The lowest BCUT2D eigenvalue weighted by atomic mass is 10.1. The van der Waals surface area contributed by atoms with E-state index in [-0.39, 0.29) is 4.88 Å². The molecule has 0 saturated heterocycles. The normalized spacial score (nSPS) is 14.5. The second kappa shape index (κ2) is 3.67. The molecule has 0 aliphatic rings. The molecule has 5 heteroatoms. The summed E-state index contributed by atoms with van der Waals surface area (Å²) in [4.78, 5) is 0.00926. The van der Waals surface area contributed by atoms with Crippen LogP contribution in [0.25, 0.3) is 0 Å². The van der Waals surface area contributed by atoms with Gasteiger partial charge in [0.25, 0.3) is 0 Å². The minimum atomic E-state index is -4.56. The smallest absolute Gasteiger partial charge is 0.379 e. The van der Waals surface area contributed by atoms with Crippen LogP contribution in [0.1, 0.15) is 23.5 Å². The molecule has 13 heavy (non-hydrogen) atoms. The van der Waals surface area contributed by atoms with Crippen LogP contribution in [0, 0.1) is 0 Å². The Hall–Kier alpha value is -0.550. The Labute approximate surface area is 77.8 Å². The fourth-order valence-corrected chi connectivity index (χ4v) is 2.03. The average molecular weight is 210 g/mol. The Morgan fingerprint density at radius 1 is 1.54 bits per heavy atom. The standard InChI is InChI=1S/C8H9F3OS/c1-2-5-3-4-13-6(5)7(12)8(9,10)11/h3-4,7,12H,2H2,1H3/t7-/m1/s1. The molecule has 1 aromatic rings. The maximum absolute atomic E-state index is 12.1. The van der Waals surface area contributed by atoms with Crippen LogP contribution in [0.2, 0.25) is 0 Å². The molecule has 0 amide bonds. The molecule has 1 aromatic heterocycles. The van der Waals surface area contributed by atoms with Gasteiger partial charge >= 0.3 is 6.18 Å². The lowest BCUT2D eigenvalue weighted by Crippen LogP contribution is -2.20. The van der Waals surface area contributed by atoms with E-state index in [1.807, 2.05) is 0 Å². The molecule has 0 saturated carbocycles. The molecular formula is C8H9F3OS. The van der Waals surface area contributed by atoms with E-state index in [4.69, 9.17) is 5.11 Å². The van der Waals surface area contributed by atoms with Gasteiger partial charge in [-0.15, -0.1) is 11.3 Å². The molecule has 0 bridgehead atoms. The van der Waals surface area contributed by atoms with Crippen molar-refractivity contribution < 1.29 is 18.3 Å². The molecule has 1 N–H and O–H groups in total. The molecule has 0 fully saturated rings. The van der Waals surface area contributed by atoms with Gasteiger partial charge < -0.3 is 5.11 Å². The van der Waals surface area contributed by atoms with E-state index in [0.717, 1.165) is 11.3 Å². The zero-order chi connectivity index (χ0) is 10.1. The Bertz CT molecular complexity index is 279. The van der Waals surface area contributed by atoms with Gasteiger partial charge in [-0.1, -0.05) is 6.92 Å². The number of hydrogen-bond acceptors (Lipinski definition) is 2. The minimum absolute atomic E-state index is 0.00926. The third kappa shape index (κ3) is 2.22. The molecule has 1 rings (SSSR count). The van der Waals surface area contributed by atoms with Crippen LogP contribution in [0.4, 0.5) is 13.2 Å². The summed E-state index contributed by atoms with van der Waals surface area (Å²) in [7, 11) is 0. The third-order valence-electron chi connectivity index (χ3n) is 1.72. The van der Waals surface area contributed by atoms with Gasteiger partial charge in [-0.25, -0.2) is 0 Å². The van der Waals surface area contributed by atoms with Gasteiger partial charge in [-0.2, -0.15) is 13.2 Å². The summed E-state index contributed by atoms with van der Waals surface area (Å²) in [6, 6.07) is 1.61. The van der Waals surface area contributed by atoms with Crippen molar-refractivity contribution in [3.8, 4) is 0 Å². The highest BCUT2D eigenvalue weighted by molar-refractivity contribution is 7.10. The van der Waals surface area contributed by atoms with E-state index in [2.05, 4.69) is 0 Å². The molecule has 0 spiro atoms. The molecule has 1 heterocycles. The van der Waals surface area contributed by atoms with Crippen molar-refractivity contribution in [3.05, 3.63) is 21.9 Å². The van der Waals surface area contributed by atoms with Gasteiger partial charge in [0.05, 0.1) is 0 Å². The summed E-state index contributed by atoms with van der Waals surface area (Å²) in [5.41, 5.74) is 0.565. The van der Waals surface area contributed by atoms with Crippen LogP contribution in [0.3, 0.4) is 0 Å². The van der Waals surface area contributed by atoms with E-state index >= 15 is 0 Å². The first-order valence-electron chi connectivity index (χ1n) is 3.77. The number of alkyl halides is 3. The number of aliphatic hydroxyl groups is 1. The fraction of sp³-hybridized carbons (Fsp3) is 0.500. The van der Waals surface area contributed by atoms with E-state index in [0.29, 0.717) is 12.0 Å². The van der Waals surface area contributed by atoms with Crippen LogP contribution >= 0.6 is 11.3 Å². The highest BCUT2D eigenvalue weighted by Crippen LogP contribution is 2.36. The first-order valence-corrected chi connectivity index (χ1v) is 4.65. The zero-order valence-corrected chi connectivity index (χ0v) is 7.75. The topological polar surface area (TPSA) is 20.2 Å². The molecule has 1 nitrogen and oxygen atoms in total. The quantitative estimate of drug-likeness (QED) is 0.795. The average Bonchev–Trinajstić information content (AvgIpc) is 2.48. The Balaban J connectivity index is 2.94. The van der Waals surface area contributed by atoms with Gasteiger partial charge in [-0.3, -0.25) is 0 Å². The van der Waals surface area contributed by atoms with E-state index in [9.17, 15) is 13.2 Å². The second-order valence-corrected chi connectivity index (χ2v) is 3.56. The molecule has 0 unspecified atom stereocenters. The van der Waals surface area contributed by atoms with Crippen molar-refractivity contribution in [1.82, 2.24) is 0 Å². The summed E-state index contributed by atoms with van der Waals surface area (Å²) >= 11 is 0.939. The lowest BCUT2D eigenvalue weighted by Gasteiger charge is -2.14. The van der Waals surface area contributed by atoms with Gasteiger partial charge in [-0.05, 0) is 23.4 Å². The molecule has 1 atom stereocenters. The summed E-state index contributed by atoms with van der Waals surface area (Å²) in [6.07, 6.45) is -6.39. The van der Waals surface area contributed by atoms with Crippen LogP contribution < -0.4 is 0 Å². The monoisotopic (exact) mass is 210 g/mol. The highest BCUT2D eigenvalue weighted by Gasteiger charge is 2.40. The van der Waals surface area contributed by atoms with Gasteiger partial charge in [0.1, 0.15) is 0 Å². The molecule has 0 aliphatic heterocycles. The number of halogens is 3. The summed E-state index contributed by atoms with van der Waals surface area (Å²) in [5.74, 6) is 0. The Morgan fingerprint density at radius 2 is 2.15 bits per heavy atom. The third-order valence-corrected chi connectivity index (χ3v) is 2.73. The van der Waals surface area contributed by atoms with Crippen LogP contribution in [0.5, 0.6) is 0 Å². The molecular weight excluding hydrogens is 201 g/mol. The van der Waals surface area contributed by atoms with Crippen molar-refractivity contribution >= 4 is 11.3 Å². The van der Waals surface area contributed by atoms with E-state index in [1.54, 1.807) is 18.4 Å². The van der Waals surface area contributed by atoms with Crippen LogP contribution in [0.15, 0.2) is 11.4 Å². The van der Waals surface area contributed by atoms with Crippen molar-refractivity contribution in [2.45, 2.75) is 25.6 Å². The van der Waals surface area contributed by atoms with Gasteiger partial charge in [0, 0.05) is 4.88 Å². The van der Waals surface area contributed by atoms with Gasteiger partial charge in [0.15, 0.2) is 6.10 Å². The van der Waals surface area contributed by atoms with Gasteiger partial charge in [0.2, 0.25) is 0 Å². The predicted octanol–water partition coefficient (Wildman–Crippen LogP) is 2.91. The summed E-state index contributed by atoms with van der Waals surface area (Å²) in [5, 5.41) is 10.5. The molecule has 0 aliphatic carbocycles. The Morgan fingerprint density at radius 3 is 2.62 bits per heavy atom. The second-order valence-electron chi connectivity index (χ2n) is 2.61. The first-order chi connectivity index (χ1) is 5.96. The fourth-order valence-electron chi connectivity index (χ4n) is 1.03. The van der Waals surface area contributed by atoms with E-state index < -0.39 is 12.3 Å². The molecule has 0 radical (unpaired) electrons. The maximum Gasteiger partial charge on any atom is 0.419 e. The maximum atomic E-state index is 12.1. The summed E-state index contributed by atoms with van der Waals surface area (Å²) in [6.45, 7) is 1.76. The number of rotatable bonds is 2. The highest BCUT2D eigenvalue weighted by atomic mass is 32.1. The number of aliphatic hydroxyl groups excluding tert-OH is 1. The van der Waals surface area contributed by atoms with Crippen molar-refractivity contribution in [3.63, 3.8) is 0 Å². The lowest BCUT2D eigenvalue weighted by molar-refractivity contribution is -0.205. The minimum Gasteiger partial charge on any atom is -0.379 e. The number of hydrogen-bond donors (Lipinski definition) is 1. The number of aryl methyl sites for hydroxylation is 1. The van der Waals surface area contributed by atoms with Crippen molar-refractivity contribution in [2.75, 3.05) is 0 Å². The Kier molecular flexibility index (Phi) is 2.98. The van der Waals surface area contributed by atoms with Crippen molar-refractivity contribution in [1.29, 1.82) is 0 Å². The summed E-state index contributed by atoms with van der Waals surface area (Å²) < 4.78 is 36.3. The SMILES string of the molecule is CCc1ccsc1[C@@H](O)C(F)(F)F. The zero-order valence-electron chi connectivity index (χ0n) is 6.93. The van der Waals surface area contributed by atoms with Crippen LogP contribution in [-0.4, -0.2) is 11.3 Å². The first kappa shape index (κ1) is 10.5. The van der Waals surface area contributed by atoms with Crippen molar-refractivity contribution in [2.24, 2.45) is 0 Å². The molecule has 74 valence electrons. The number of thiophene rings is 1. The van der Waals surface area contributed by atoms with E-state index in [1.165, 1.54) is 0 Å². The molecule has 0 aromatic carbocycles. The largest absolute Gasteiger partial charge is 0.419 e.